The van der Waals surface area contributed by atoms with E-state index in [0.717, 1.165) is 17.3 Å². The summed E-state index contributed by atoms with van der Waals surface area (Å²) in [6.45, 7) is 2.11. The number of aryl methyl sites for hydroxylation is 1. The van der Waals surface area contributed by atoms with Crippen molar-refractivity contribution < 1.29 is 0 Å². The molecule has 1 aromatic carbocycles. The van der Waals surface area contributed by atoms with Crippen molar-refractivity contribution in [1.29, 1.82) is 0 Å². The van der Waals surface area contributed by atoms with Gasteiger partial charge in [-0.25, -0.2) is 0 Å². The molecule has 3 heteroatoms. The number of nitrogens with zero attached hydrogens (tertiary/aromatic N) is 1. The first-order valence-corrected chi connectivity index (χ1v) is 7.18. The van der Waals surface area contributed by atoms with E-state index in [-0.39, 0.29) is 6.04 Å². The molecule has 0 radical (unpaired) electrons. The number of hydrogen-bond acceptors (Lipinski definition) is 1. The van der Waals surface area contributed by atoms with Gasteiger partial charge in [0.25, 0.3) is 0 Å². The first kappa shape index (κ1) is 12.0. The molecule has 0 saturated carbocycles. The fourth-order valence-electron chi connectivity index (χ4n) is 2.76. The van der Waals surface area contributed by atoms with E-state index in [9.17, 15) is 0 Å². The van der Waals surface area contributed by atoms with E-state index in [1.807, 2.05) is 0 Å². The highest BCUT2D eigenvalue weighted by atomic mass is 79.9. The van der Waals surface area contributed by atoms with Gasteiger partial charge in [0.1, 0.15) is 0 Å². The molecule has 0 amide bonds. The van der Waals surface area contributed by atoms with Crippen molar-refractivity contribution in [2.75, 3.05) is 0 Å². The number of rotatable bonds is 1. The van der Waals surface area contributed by atoms with Gasteiger partial charge >= 0.3 is 0 Å². The zero-order valence-electron chi connectivity index (χ0n) is 10.5. The predicted octanol–water partition coefficient (Wildman–Crippen LogP) is 3.88. The lowest BCUT2D eigenvalue weighted by atomic mass is 9.93. The molecule has 2 N–H and O–H groups in total. The van der Waals surface area contributed by atoms with E-state index in [1.54, 1.807) is 0 Å². The Morgan fingerprint density at radius 1 is 1.33 bits per heavy atom. The smallest absolute Gasteiger partial charge is 0.0594 e. The Balaban J connectivity index is 2.12. The lowest BCUT2D eigenvalue weighted by molar-refractivity contribution is 0.560. The SMILES string of the molecule is Cc1ccc(-n2ccc3c2CCCC3N)c(Br)c1. The lowest BCUT2D eigenvalue weighted by Gasteiger charge is -2.21. The van der Waals surface area contributed by atoms with E-state index in [4.69, 9.17) is 5.73 Å². The number of fused-ring (bicyclic) bond motifs is 1. The second-order valence-corrected chi connectivity index (χ2v) is 5.90. The topological polar surface area (TPSA) is 30.9 Å². The van der Waals surface area contributed by atoms with E-state index >= 15 is 0 Å². The molecule has 0 aliphatic heterocycles. The molecule has 1 aliphatic rings. The van der Waals surface area contributed by atoms with Gasteiger partial charge in [-0.15, -0.1) is 0 Å². The Morgan fingerprint density at radius 3 is 2.94 bits per heavy atom. The van der Waals surface area contributed by atoms with Crippen LogP contribution in [0.5, 0.6) is 0 Å². The van der Waals surface area contributed by atoms with Gasteiger partial charge in [0, 0.05) is 22.4 Å². The van der Waals surface area contributed by atoms with Gasteiger partial charge in [-0.2, -0.15) is 0 Å². The first-order chi connectivity index (χ1) is 8.66. The molecule has 0 bridgehead atoms. The molecule has 3 rings (SSSR count). The van der Waals surface area contributed by atoms with Crippen molar-refractivity contribution >= 4 is 15.9 Å². The summed E-state index contributed by atoms with van der Waals surface area (Å²) < 4.78 is 3.41. The molecule has 1 aromatic heterocycles. The van der Waals surface area contributed by atoms with Gasteiger partial charge in [0.15, 0.2) is 0 Å². The Kier molecular flexibility index (Phi) is 3.04. The molecular weight excluding hydrogens is 288 g/mol. The molecular formula is C15H17BrN2. The summed E-state index contributed by atoms with van der Waals surface area (Å²) in [6.07, 6.45) is 5.55. The van der Waals surface area contributed by atoms with Crippen LogP contribution in [-0.2, 0) is 6.42 Å². The fraction of sp³-hybridized carbons (Fsp3) is 0.333. The predicted molar refractivity (Wildman–Crippen MR) is 78.1 cm³/mol. The Bertz CT molecular complexity index is 586. The molecule has 0 fully saturated rings. The number of hydrogen-bond donors (Lipinski definition) is 1. The van der Waals surface area contributed by atoms with Crippen molar-refractivity contribution in [2.45, 2.75) is 32.2 Å². The molecule has 2 aromatic rings. The maximum Gasteiger partial charge on any atom is 0.0594 e. The quantitative estimate of drug-likeness (QED) is 0.851. The van der Waals surface area contributed by atoms with Gasteiger partial charge in [-0.05, 0) is 71.4 Å². The van der Waals surface area contributed by atoms with E-state index in [2.05, 4.69) is 57.9 Å². The Morgan fingerprint density at radius 2 is 2.17 bits per heavy atom. The standard InChI is InChI=1S/C15H17BrN2/c1-10-5-6-15(12(16)9-10)18-8-7-11-13(17)3-2-4-14(11)18/h5-9,13H,2-4,17H2,1H3. The minimum atomic E-state index is 0.208. The van der Waals surface area contributed by atoms with E-state index < -0.39 is 0 Å². The summed E-state index contributed by atoms with van der Waals surface area (Å²) >= 11 is 3.66. The fourth-order valence-corrected chi connectivity index (χ4v) is 3.44. The van der Waals surface area contributed by atoms with Crippen LogP contribution in [0.3, 0.4) is 0 Å². The zero-order valence-corrected chi connectivity index (χ0v) is 12.1. The molecule has 94 valence electrons. The highest BCUT2D eigenvalue weighted by molar-refractivity contribution is 9.10. The maximum absolute atomic E-state index is 6.17. The van der Waals surface area contributed by atoms with Crippen LogP contribution < -0.4 is 5.73 Å². The second kappa shape index (κ2) is 4.56. The highest BCUT2D eigenvalue weighted by Crippen LogP contribution is 2.32. The average Bonchev–Trinajstić information content (AvgIpc) is 2.74. The maximum atomic E-state index is 6.17. The molecule has 1 aliphatic carbocycles. The van der Waals surface area contributed by atoms with Crippen LogP contribution in [-0.4, -0.2) is 4.57 Å². The zero-order chi connectivity index (χ0) is 12.7. The summed E-state index contributed by atoms with van der Waals surface area (Å²) in [5.74, 6) is 0. The van der Waals surface area contributed by atoms with Gasteiger partial charge in [0.2, 0.25) is 0 Å². The third-order valence-electron chi connectivity index (χ3n) is 3.72. The highest BCUT2D eigenvalue weighted by Gasteiger charge is 2.21. The molecule has 0 spiro atoms. The summed E-state index contributed by atoms with van der Waals surface area (Å²) in [5, 5.41) is 0. The minimum absolute atomic E-state index is 0.208. The number of aromatic nitrogens is 1. The normalized spacial score (nSPS) is 18.7. The largest absolute Gasteiger partial charge is 0.324 e. The van der Waals surface area contributed by atoms with Crippen LogP contribution in [0.15, 0.2) is 34.9 Å². The van der Waals surface area contributed by atoms with Crippen LogP contribution in [0.25, 0.3) is 5.69 Å². The van der Waals surface area contributed by atoms with Crippen molar-refractivity contribution in [3.8, 4) is 5.69 Å². The number of halogens is 1. The van der Waals surface area contributed by atoms with Gasteiger partial charge in [0.05, 0.1) is 5.69 Å². The first-order valence-electron chi connectivity index (χ1n) is 6.39. The van der Waals surface area contributed by atoms with Gasteiger partial charge in [-0.1, -0.05) is 6.07 Å². The summed E-state index contributed by atoms with van der Waals surface area (Å²) in [7, 11) is 0. The van der Waals surface area contributed by atoms with Gasteiger partial charge < -0.3 is 10.3 Å². The van der Waals surface area contributed by atoms with Crippen LogP contribution in [0, 0.1) is 6.92 Å². The van der Waals surface area contributed by atoms with E-state index in [1.165, 1.54) is 28.9 Å². The molecule has 1 unspecified atom stereocenters. The van der Waals surface area contributed by atoms with Crippen LogP contribution >= 0.6 is 15.9 Å². The van der Waals surface area contributed by atoms with E-state index in [0.29, 0.717) is 0 Å². The molecule has 1 heterocycles. The lowest BCUT2D eigenvalue weighted by Crippen LogP contribution is -2.17. The molecule has 2 nitrogen and oxygen atoms in total. The Hall–Kier alpha value is -1.06. The summed E-state index contributed by atoms with van der Waals surface area (Å²) in [5.41, 5.74) is 11.3. The van der Waals surface area contributed by atoms with Gasteiger partial charge in [-0.3, -0.25) is 0 Å². The average molecular weight is 305 g/mol. The van der Waals surface area contributed by atoms with Crippen LogP contribution in [0.1, 0.15) is 35.7 Å². The summed E-state index contributed by atoms with van der Waals surface area (Å²) in [6, 6.07) is 8.85. The second-order valence-electron chi connectivity index (χ2n) is 5.04. The third-order valence-corrected chi connectivity index (χ3v) is 4.35. The molecule has 0 saturated heterocycles. The van der Waals surface area contributed by atoms with Crippen molar-refractivity contribution in [3.05, 3.63) is 51.8 Å². The molecule has 18 heavy (non-hydrogen) atoms. The van der Waals surface area contributed by atoms with Crippen molar-refractivity contribution in [3.63, 3.8) is 0 Å². The van der Waals surface area contributed by atoms with Crippen LogP contribution in [0.4, 0.5) is 0 Å². The number of benzene rings is 1. The van der Waals surface area contributed by atoms with Crippen LogP contribution in [0.2, 0.25) is 0 Å². The van der Waals surface area contributed by atoms with Crippen molar-refractivity contribution in [1.82, 2.24) is 4.57 Å². The van der Waals surface area contributed by atoms with Crippen molar-refractivity contribution in [2.24, 2.45) is 5.73 Å². The third kappa shape index (κ3) is 1.91. The monoisotopic (exact) mass is 304 g/mol. The Labute approximate surface area is 116 Å². The number of nitrogens with two attached hydrogens (primary N) is 1. The minimum Gasteiger partial charge on any atom is -0.324 e. The summed E-state index contributed by atoms with van der Waals surface area (Å²) in [4.78, 5) is 0. The molecule has 1 atom stereocenters.